The third kappa shape index (κ3) is 3.71. The van der Waals surface area contributed by atoms with Crippen LogP contribution >= 0.6 is 0 Å². The molecule has 27 heavy (non-hydrogen) atoms. The van der Waals surface area contributed by atoms with Gasteiger partial charge in [0.2, 0.25) is 5.95 Å². The molecular weight excluding hydrogens is 346 g/mol. The van der Waals surface area contributed by atoms with Gasteiger partial charge in [-0.25, -0.2) is 9.48 Å². The van der Waals surface area contributed by atoms with Crippen molar-refractivity contribution in [2.75, 3.05) is 18.2 Å². The molecule has 9 nitrogen and oxygen atoms in total. The van der Waals surface area contributed by atoms with E-state index in [1.54, 1.807) is 35.3 Å². The number of hydrogen-bond donors (Lipinski definition) is 2. The highest BCUT2D eigenvalue weighted by Gasteiger charge is 2.30. The molecule has 4 rings (SSSR count). The van der Waals surface area contributed by atoms with Crippen molar-refractivity contribution in [3.8, 4) is 5.82 Å². The number of nitrogens with two attached hydrogens (primary N) is 1. The van der Waals surface area contributed by atoms with Crippen molar-refractivity contribution in [1.29, 1.82) is 0 Å². The number of esters is 1. The van der Waals surface area contributed by atoms with E-state index in [9.17, 15) is 4.79 Å². The molecule has 3 heterocycles. The number of hydrogen-bond acceptors (Lipinski definition) is 8. The quantitative estimate of drug-likeness (QED) is 0.636. The van der Waals surface area contributed by atoms with E-state index in [1.807, 2.05) is 6.07 Å². The normalized spacial score (nSPS) is 13.4. The molecule has 3 aromatic heterocycles. The fourth-order valence-electron chi connectivity index (χ4n) is 2.81. The zero-order chi connectivity index (χ0) is 18.8. The fraction of sp³-hybridized carbons (Fsp3) is 0.278. The Balaban J connectivity index is 1.54. The molecule has 1 fully saturated rings. The topological polar surface area (TPSA) is 121 Å². The second-order valence-electron chi connectivity index (χ2n) is 6.28. The zero-order valence-corrected chi connectivity index (χ0v) is 14.8. The summed E-state index contributed by atoms with van der Waals surface area (Å²) < 4.78 is 6.46. The van der Waals surface area contributed by atoms with Crippen molar-refractivity contribution in [2.24, 2.45) is 0 Å². The Kier molecular flexibility index (Phi) is 4.41. The minimum Gasteiger partial charge on any atom is -0.465 e. The average molecular weight is 365 g/mol. The monoisotopic (exact) mass is 365 g/mol. The van der Waals surface area contributed by atoms with Crippen molar-refractivity contribution in [3.05, 3.63) is 53.6 Å². The molecule has 0 aromatic carbocycles. The molecule has 0 radical (unpaired) electrons. The first-order chi connectivity index (χ1) is 13.1. The maximum Gasteiger partial charge on any atom is 0.339 e. The fourth-order valence-corrected chi connectivity index (χ4v) is 2.81. The molecular formula is C18H19N7O2. The van der Waals surface area contributed by atoms with Crippen LogP contribution in [-0.2, 0) is 11.3 Å². The number of nitrogens with zero attached hydrogens (tertiary/aromatic N) is 5. The summed E-state index contributed by atoms with van der Waals surface area (Å²) in [6, 6.07) is 7.14. The smallest absolute Gasteiger partial charge is 0.339 e. The Bertz CT molecular complexity index is 968. The third-order valence-corrected chi connectivity index (χ3v) is 4.27. The molecule has 1 aliphatic carbocycles. The van der Waals surface area contributed by atoms with Crippen LogP contribution in [0.3, 0.4) is 0 Å². The summed E-state index contributed by atoms with van der Waals surface area (Å²) in [6.45, 7) is 0.441. The van der Waals surface area contributed by atoms with Gasteiger partial charge in [-0.15, -0.1) is 0 Å². The number of anilines is 2. The van der Waals surface area contributed by atoms with Crippen LogP contribution in [0, 0.1) is 0 Å². The lowest BCUT2D eigenvalue weighted by Crippen LogP contribution is -2.11. The number of nitrogens with one attached hydrogen (secondary N) is 1. The van der Waals surface area contributed by atoms with Crippen molar-refractivity contribution in [1.82, 2.24) is 24.7 Å². The standard InChI is InChI=1S/C18H19N7O2/c1-27-17(26)13-6-5-12(22-16(13)11-3-4-11)10-20-14-9-15(24-18(19)23-14)25-8-2-7-21-25/h2,5-9,11H,3-4,10H2,1H3,(H3,19,20,23,24). The molecule has 0 unspecified atom stereocenters. The lowest BCUT2D eigenvalue weighted by Gasteiger charge is -2.11. The van der Waals surface area contributed by atoms with Crippen LogP contribution in [0.15, 0.2) is 36.7 Å². The molecule has 1 aliphatic rings. The molecule has 0 amide bonds. The molecule has 3 N–H and O–H groups in total. The summed E-state index contributed by atoms with van der Waals surface area (Å²) in [5.41, 5.74) is 7.96. The van der Waals surface area contributed by atoms with Crippen LogP contribution in [0.5, 0.6) is 0 Å². The van der Waals surface area contributed by atoms with Gasteiger partial charge >= 0.3 is 5.97 Å². The maximum atomic E-state index is 11.9. The van der Waals surface area contributed by atoms with Crippen LogP contribution in [0.1, 0.15) is 40.5 Å². The first-order valence-corrected chi connectivity index (χ1v) is 8.60. The van der Waals surface area contributed by atoms with E-state index < -0.39 is 0 Å². The minimum atomic E-state index is -0.351. The second kappa shape index (κ2) is 7.02. The van der Waals surface area contributed by atoms with E-state index in [0.29, 0.717) is 29.7 Å². The molecule has 0 bridgehead atoms. The largest absolute Gasteiger partial charge is 0.465 e. The van der Waals surface area contributed by atoms with Gasteiger partial charge in [-0.2, -0.15) is 15.1 Å². The highest BCUT2D eigenvalue weighted by molar-refractivity contribution is 5.90. The number of carbonyl (C=O) groups excluding carboxylic acids is 1. The van der Waals surface area contributed by atoms with Crippen LogP contribution in [0.4, 0.5) is 11.8 Å². The van der Waals surface area contributed by atoms with Gasteiger partial charge in [-0.05, 0) is 31.0 Å². The number of nitrogen functional groups attached to an aromatic ring is 1. The SMILES string of the molecule is COC(=O)c1ccc(CNc2cc(-n3cccn3)nc(N)n2)nc1C1CC1. The third-order valence-electron chi connectivity index (χ3n) is 4.27. The summed E-state index contributed by atoms with van der Waals surface area (Å²) >= 11 is 0. The van der Waals surface area contributed by atoms with Crippen LogP contribution < -0.4 is 11.1 Å². The van der Waals surface area contributed by atoms with Crippen molar-refractivity contribution < 1.29 is 9.53 Å². The summed E-state index contributed by atoms with van der Waals surface area (Å²) in [6.07, 6.45) is 5.53. The van der Waals surface area contributed by atoms with Gasteiger partial charge < -0.3 is 15.8 Å². The van der Waals surface area contributed by atoms with E-state index in [1.165, 1.54) is 7.11 Å². The van der Waals surface area contributed by atoms with Crippen molar-refractivity contribution >= 4 is 17.7 Å². The van der Waals surface area contributed by atoms with E-state index in [-0.39, 0.29) is 11.9 Å². The van der Waals surface area contributed by atoms with Crippen molar-refractivity contribution in [3.63, 3.8) is 0 Å². The van der Waals surface area contributed by atoms with Crippen LogP contribution in [0.25, 0.3) is 5.82 Å². The molecule has 0 aliphatic heterocycles. The highest BCUT2D eigenvalue weighted by Crippen LogP contribution is 2.40. The van der Waals surface area contributed by atoms with E-state index >= 15 is 0 Å². The molecule has 9 heteroatoms. The van der Waals surface area contributed by atoms with E-state index in [4.69, 9.17) is 10.5 Å². The van der Waals surface area contributed by atoms with Gasteiger partial charge in [-0.1, -0.05) is 0 Å². The first kappa shape index (κ1) is 17.0. The maximum absolute atomic E-state index is 11.9. The molecule has 0 spiro atoms. The average Bonchev–Trinajstić information content (AvgIpc) is 3.38. The molecule has 138 valence electrons. The van der Waals surface area contributed by atoms with Crippen molar-refractivity contribution in [2.45, 2.75) is 25.3 Å². The predicted molar refractivity (Wildman–Crippen MR) is 98.4 cm³/mol. The van der Waals surface area contributed by atoms with Crippen LogP contribution in [0.2, 0.25) is 0 Å². The summed E-state index contributed by atoms with van der Waals surface area (Å²) in [5, 5.41) is 7.35. The number of methoxy groups -OCH3 is 1. The van der Waals surface area contributed by atoms with Gasteiger partial charge in [0, 0.05) is 24.4 Å². The Morgan fingerprint density at radius 3 is 2.89 bits per heavy atom. The number of ether oxygens (including phenoxy) is 1. The summed E-state index contributed by atoms with van der Waals surface area (Å²) in [4.78, 5) is 25.0. The number of aromatic nitrogens is 5. The lowest BCUT2D eigenvalue weighted by atomic mass is 10.1. The molecule has 3 aromatic rings. The lowest BCUT2D eigenvalue weighted by molar-refractivity contribution is 0.0598. The molecule has 0 saturated heterocycles. The van der Waals surface area contributed by atoms with Gasteiger partial charge in [0.1, 0.15) is 5.82 Å². The van der Waals surface area contributed by atoms with E-state index in [2.05, 4.69) is 25.4 Å². The van der Waals surface area contributed by atoms with Gasteiger partial charge in [0.15, 0.2) is 5.82 Å². The second-order valence-corrected chi connectivity index (χ2v) is 6.28. The number of carbonyl (C=O) groups is 1. The predicted octanol–water partition coefficient (Wildman–Crippen LogP) is 1.92. The first-order valence-electron chi connectivity index (χ1n) is 8.60. The zero-order valence-electron chi connectivity index (χ0n) is 14.8. The molecule has 1 saturated carbocycles. The Morgan fingerprint density at radius 2 is 2.19 bits per heavy atom. The van der Waals surface area contributed by atoms with Gasteiger partial charge in [0.25, 0.3) is 0 Å². The summed E-state index contributed by atoms with van der Waals surface area (Å²) in [5.74, 6) is 1.28. The number of pyridine rings is 1. The Morgan fingerprint density at radius 1 is 1.33 bits per heavy atom. The Hall–Kier alpha value is -3.49. The molecule has 0 atom stereocenters. The van der Waals surface area contributed by atoms with Crippen LogP contribution in [-0.4, -0.2) is 37.8 Å². The van der Waals surface area contributed by atoms with Gasteiger partial charge in [0.05, 0.1) is 30.6 Å². The Labute approximate surface area is 155 Å². The van der Waals surface area contributed by atoms with Gasteiger partial charge in [-0.3, -0.25) is 4.98 Å². The summed E-state index contributed by atoms with van der Waals surface area (Å²) in [7, 11) is 1.38. The highest BCUT2D eigenvalue weighted by atomic mass is 16.5. The number of rotatable bonds is 6. The minimum absolute atomic E-state index is 0.151. The van der Waals surface area contributed by atoms with E-state index in [0.717, 1.165) is 24.2 Å².